The van der Waals surface area contributed by atoms with E-state index in [9.17, 15) is 0 Å². The third-order valence-corrected chi connectivity index (χ3v) is 12.0. The quantitative estimate of drug-likeness (QED) is 0.178. The zero-order valence-corrected chi connectivity index (χ0v) is 27.4. The fourth-order valence-corrected chi connectivity index (χ4v) is 9.51. The Bertz CT molecular complexity index is 2480. The summed E-state index contributed by atoms with van der Waals surface area (Å²) in [6.07, 6.45) is 2.49. The predicted molar refractivity (Wildman–Crippen MR) is 205 cm³/mol. The van der Waals surface area contributed by atoms with Crippen molar-refractivity contribution < 1.29 is 0 Å². The molecule has 3 unspecified atom stereocenters. The van der Waals surface area contributed by atoms with Gasteiger partial charge in [0.05, 0.1) is 5.54 Å². The van der Waals surface area contributed by atoms with Gasteiger partial charge in [-0.15, -0.1) is 0 Å². The van der Waals surface area contributed by atoms with E-state index in [0.29, 0.717) is 11.8 Å². The molecule has 230 valence electrons. The van der Waals surface area contributed by atoms with Crippen LogP contribution in [0.5, 0.6) is 0 Å². The van der Waals surface area contributed by atoms with Gasteiger partial charge in [0.25, 0.3) is 0 Å². The summed E-state index contributed by atoms with van der Waals surface area (Å²) in [5, 5.41) is 7.98. The highest BCUT2D eigenvalue weighted by Gasteiger charge is 2.55. The van der Waals surface area contributed by atoms with E-state index in [2.05, 4.69) is 170 Å². The Morgan fingerprint density at radius 1 is 0.521 bits per heavy atom. The van der Waals surface area contributed by atoms with Gasteiger partial charge in [0, 0.05) is 17.3 Å². The molecule has 8 aromatic carbocycles. The SMILES string of the molecule is CC1CCC2c3cc(-c4cc(-c5ccccc5)c5ccc6ccc(-c7ccccc7)c7ccc4c5c67)ccc3N(c3ccccc3)C12C. The molecule has 2 aliphatic rings. The van der Waals surface area contributed by atoms with E-state index in [4.69, 9.17) is 0 Å². The Morgan fingerprint density at radius 2 is 1.10 bits per heavy atom. The molecule has 1 aliphatic heterocycles. The van der Waals surface area contributed by atoms with Gasteiger partial charge in [0.1, 0.15) is 0 Å². The minimum atomic E-state index is 0.0635. The molecule has 1 heteroatoms. The lowest BCUT2D eigenvalue weighted by molar-refractivity contribution is 0.355. The molecular formula is C47H37N. The van der Waals surface area contributed by atoms with Crippen LogP contribution >= 0.6 is 0 Å². The first-order valence-electron chi connectivity index (χ1n) is 17.5. The molecule has 0 radical (unpaired) electrons. The van der Waals surface area contributed by atoms with Gasteiger partial charge in [0.15, 0.2) is 0 Å². The summed E-state index contributed by atoms with van der Waals surface area (Å²) in [6, 6.07) is 56.7. The maximum atomic E-state index is 2.67. The Kier molecular flexibility index (Phi) is 5.94. The highest BCUT2D eigenvalue weighted by Crippen LogP contribution is 2.61. The summed E-state index contributed by atoms with van der Waals surface area (Å²) in [5.74, 6) is 1.11. The summed E-state index contributed by atoms with van der Waals surface area (Å²) in [5.41, 5.74) is 12.0. The molecule has 1 saturated carbocycles. The topological polar surface area (TPSA) is 3.24 Å². The maximum Gasteiger partial charge on any atom is 0.0518 e. The minimum Gasteiger partial charge on any atom is -0.334 e. The van der Waals surface area contributed by atoms with Crippen LogP contribution in [0.3, 0.4) is 0 Å². The lowest BCUT2D eigenvalue weighted by Crippen LogP contribution is -2.45. The second-order valence-electron chi connectivity index (χ2n) is 14.3. The predicted octanol–water partition coefficient (Wildman–Crippen LogP) is 13.0. The molecule has 0 spiro atoms. The van der Waals surface area contributed by atoms with E-state index in [0.717, 1.165) is 0 Å². The first kappa shape index (κ1) is 27.7. The molecule has 1 nitrogen and oxygen atoms in total. The van der Waals surface area contributed by atoms with Gasteiger partial charge in [0.2, 0.25) is 0 Å². The highest BCUT2D eigenvalue weighted by molar-refractivity contribution is 6.30. The Labute approximate surface area is 282 Å². The number of fused-ring (bicyclic) bond motifs is 3. The second kappa shape index (κ2) is 10.3. The van der Waals surface area contributed by atoms with Crippen LogP contribution in [0.15, 0.2) is 152 Å². The van der Waals surface area contributed by atoms with Crippen molar-refractivity contribution in [3.05, 3.63) is 157 Å². The molecule has 0 saturated heterocycles. The van der Waals surface area contributed by atoms with E-state index in [1.807, 2.05) is 0 Å². The summed E-state index contributed by atoms with van der Waals surface area (Å²) in [7, 11) is 0. The Morgan fingerprint density at radius 3 is 1.81 bits per heavy atom. The largest absolute Gasteiger partial charge is 0.334 e. The molecule has 0 amide bonds. The molecule has 48 heavy (non-hydrogen) atoms. The lowest BCUT2D eigenvalue weighted by Gasteiger charge is -2.41. The first-order valence-corrected chi connectivity index (χ1v) is 17.5. The van der Waals surface area contributed by atoms with Crippen molar-refractivity contribution in [2.45, 2.75) is 38.1 Å². The summed E-state index contributed by atoms with van der Waals surface area (Å²) < 4.78 is 0. The van der Waals surface area contributed by atoms with E-state index in [-0.39, 0.29) is 5.54 Å². The van der Waals surface area contributed by atoms with Crippen molar-refractivity contribution in [1.29, 1.82) is 0 Å². The number of rotatable bonds is 4. The zero-order valence-electron chi connectivity index (χ0n) is 27.4. The molecule has 3 atom stereocenters. The van der Waals surface area contributed by atoms with E-state index < -0.39 is 0 Å². The standard InChI is InChI=1S/C47H37N/c1-30-18-26-43-42-28-34(21-27-44(42)48(47(30,43)2)35-16-10-5-11-17-35)41-29-40(32-14-8-4-9-15-32)38-23-20-33-19-22-36(31-12-6-3-7-13-31)37-24-25-39(41)46(38)45(33)37/h3-17,19-25,27-30,43H,18,26H2,1-2H3. The van der Waals surface area contributed by atoms with Crippen LogP contribution in [0.25, 0.3) is 65.7 Å². The molecule has 0 aromatic heterocycles. The van der Waals surface area contributed by atoms with Crippen LogP contribution in [-0.2, 0) is 0 Å². The normalized spacial score (nSPS) is 20.2. The van der Waals surface area contributed by atoms with Gasteiger partial charge in [-0.1, -0.05) is 128 Å². The zero-order chi connectivity index (χ0) is 32.0. The van der Waals surface area contributed by atoms with Gasteiger partial charge in [-0.3, -0.25) is 0 Å². The van der Waals surface area contributed by atoms with E-state index in [1.54, 1.807) is 0 Å². The van der Waals surface area contributed by atoms with Gasteiger partial charge in [-0.25, -0.2) is 0 Å². The van der Waals surface area contributed by atoms with Crippen molar-refractivity contribution in [3.63, 3.8) is 0 Å². The average molecular weight is 616 g/mol. The maximum absolute atomic E-state index is 2.67. The van der Waals surface area contributed by atoms with Crippen LogP contribution in [0.1, 0.15) is 38.2 Å². The molecule has 8 aromatic rings. The van der Waals surface area contributed by atoms with E-state index >= 15 is 0 Å². The van der Waals surface area contributed by atoms with Gasteiger partial charge in [-0.05, 0) is 127 Å². The van der Waals surface area contributed by atoms with Crippen LogP contribution < -0.4 is 4.90 Å². The van der Waals surface area contributed by atoms with Crippen molar-refractivity contribution >= 4 is 43.7 Å². The lowest BCUT2D eigenvalue weighted by atomic mass is 9.81. The fourth-order valence-electron chi connectivity index (χ4n) is 9.51. The third kappa shape index (κ3) is 3.79. The Hall–Kier alpha value is -5.40. The Balaban J connectivity index is 1.26. The average Bonchev–Trinajstić information content (AvgIpc) is 3.59. The number of hydrogen-bond donors (Lipinski definition) is 0. The third-order valence-electron chi connectivity index (χ3n) is 12.0. The molecule has 10 rings (SSSR count). The van der Waals surface area contributed by atoms with Crippen LogP contribution in [0, 0.1) is 5.92 Å². The number of para-hydroxylation sites is 1. The van der Waals surface area contributed by atoms with Gasteiger partial charge >= 0.3 is 0 Å². The molecule has 1 heterocycles. The first-order chi connectivity index (χ1) is 23.6. The monoisotopic (exact) mass is 615 g/mol. The van der Waals surface area contributed by atoms with E-state index in [1.165, 1.54) is 95.5 Å². The minimum absolute atomic E-state index is 0.0635. The second-order valence-corrected chi connectivity index (χ2v) is 14.3. The highest BCUT2D eigenvalue weighted by atomic mass is 15.2. The van der Waals surface area contributed by atoms with Crippen molar-refractivity contribution in [1.82, 2.24) is 0 Å². The molecular weight excluding hydrogens is 579 g/mol. The molecule has 0 N–H and O–H groups in total. The number of benzene rings is 8. The van der Waals surface area contributed by atoms with Crippen molar-refractivity contribution in [3.8, 4) is 33.4 Å². The summed E-state index contributed by atoms with van der Waals surface area (Å²) in [6.45, 7) is 4.97. The van der Waals surface area contributed by atoms with Gasteiger partial charge in [-0.2, -0.15) is 0 Å². The number of nitrogens with zero attached hydrogens (tertiary/aromatic N) is 1. The smallest absolute Gasteiger partial charge is 0.0518 e. The molecule has 1 fully saturated rings. The number of hydrogen-bond acceptors (Lipinski definition) is 1. The summed E-state index contributed by atoms with van der Waals surface area (Å²) in [4.78, 5) is 2.67. The fraction of sp³-hybridized carbons (Fsp3) is 0.149. The van der Waals surface area contributed by atoms with Crippen LogP contribution in [-0.4, -0.2) is 5.54 Å². The van der Waals surface area contributed by atoms with Crippen molar-refractivity contribution in [2.75, 3.05) is 4.90 Å². The van der Waals surface area contributed by atoms with Crippen LogP contribution in [0.4, 0.5) is 11.4 Å². The summed E-state index contributed by atoms with van der Waals surface area (Å²) >= 11 is 0. The van der Waals surface area contributed by atoms with Crippen molar-refractivity contribution in [2.24, 2.45) is 5.92 Å². The number of anilines is 2. The van der Waals surface area contributed by atoms with Crippen LogP contribution in [0.2, 0.25) is 0 Å². The molecule has 1 aliphatic carbocycles. The molecule has 0 bridgehead atoms. The van der Waals surface area contributed by atoms with Gasteiger partial charge < -0.3 is 4.90 Å².